The summed E-state index contributed by atoms with van der Waals surface area (Å²) < 4.78 is 3.62. The summed E-state index contributed by atoms with van der Waals surface area (Å²) in [6.07, 6.45) is 1.66. The van der Waals surface area contributed by atoms with Crippen LogP contribution in [0.1, 0.15) is 17.0 Å². The molecule has 7 nitrogen and oxygen atoms in total. The minimum atomic E-state index is 0.498. The van der Waals surface area contributed by atoms with E-state index in [2.05, 4.69) is 16.2 Å². The van der Waals surface area contributed by atoms with Crippen LogP contribution < -0.4 is 0 Å². The summed E-state index contributed by atoms with van der Waals surface area (Å²) in [5.41, 5.74) is 7.03. The van der Waals surface area contributed by atoms with Gasteiger partial charge in [0.2, 0.25) is 0 Å². The van der Waals surface area contributed by atoms with Gasteiger partial charge in [0.15, 0.2) is 16.9 Å². The van der Waals surface area contributed by atoms with Gasteiger partial charge in [0.05, 0.1) is 16.4 Å². The third-order valence-corrected chi connectivity index (χ3v) is 5.42. The van der Waals surface area contributed by atoms with E-state index in [0.29, 0.717) is 28.3 Å². The molecule has 0 saturated heterocycles. The van der Waals surface area contributed by atoms with E-state index in [-0.39, 0.29) is 0 Å². The van der Waals surface area contributed by atoms with Crippen LogP contribution in [0.2, 0.25) is 0 Å². The number of benzene rings is 2. The van der Waals surface area contributed by atoms with Crippen LogP contribution in [0.4, 0.5) is 0 Å². The first-order valence-corrected chi connectivity index (χ1v) is 9.57. The van der Waals surface area contributed by atoms with Gasteiger partial charge in [-0.1, -0.05) is 42.0 Å². The summed E-state index contributed by atoms with van der Waals surface area (Å²) in [4.78, 5) is 14.2. The van der Waals surface area contributed by atoms with Crippen LogP contribution >= 0.6 is 0 Å². The largest absolute Gasteiger partial charge is 0.275 e. The van der Waals surface area contributed by atoms with Crippen molar-refractivity contribution in [3.8, 4) is 17.2 Å². The highest BCUT2D eigenvalue weighted by Crippen LogP contribution is 2.37. The molecule has 0 atom stereocenters. The Morgan fingerprint density at radius 1 is 0.900 bits per heavy atom. The van der Waals surface area contributed by atoms with Gasteiger partial charge in [0.25, 0.3) is 0 Å². The Hall–Kier alpha value is -4.31. The summed E-state index contributed by atoms with van der Waals surface area (Å²) in [6.45, 7) is 3.89. The standard InChI is InChI=1S/C23H15N7/c1-13-7-9-15(10-8-13)19-16(11-24)21-27-17-5-3-4-6-18(17)30(21)22-20(19)23-26-14(2)28-29(23)12-25-22/h3-10,12H,1-2H3. The van der Waals surface area contributed by atoms with Crippen molar-refractivity contribution in [3.05, 3.63) is 71.8 Å². The molecule has 0 aliphatic carbocycles. The molecular weight excluding hydrogens is 374 g/mol. The molecule has 0 bridgehead atoms. The van der Waals surface area contributed by atoms with E-state index in [1.54, 1.807) is 10.8 Å². The molecule has 2 aromatic carbocycles. The van der Waals surface area contributed by atoms with Crippen LogP contribution in [0.25, 0.3) is 44.5 Å². The number of aryl methyl sites for hydroxylation is 2. The maximum Gasteiger partial charge on any atom is 0.169 e. The van der Waals surface area contributed by atoms with Gasteiger partial charge in [-0.05, 0) is 31.5 Å². The predicted octanol–water partition coefficient (Wildman–Crippen LogP) is 4.23. The molecule has 0 radical (unpaired) electrons. The van der Waals surface area contributed by atoms with Crippen LogP contribution in [-0.2, 0) is 0 Å². The molecule has 0 N–H and O–H groups in total. The molecule has 6 aromatic rings. The van der Waals surface area contributed by atoms with Gasteiger partial charge in [-0.3, -0.25) is 4.40 Å². The van der Waals surface area contributed by atoms with Crippen LogP contribution in [0, 0.1) is 25.2 Å². The minimum Gasteiger partial charge on any atom is -0.275 e. The number of nitriles is 1. The Bertz CT molecular complexity index is 1660. The zero-order valence-corrected chi connectivity index (χ0v) is 16.3. The van der Waals surface area contributed by atoms with Crippen LogP contribution in [0.3, 0.4) is 0 Å². The molecule has 4 aromatic heterocycles. The normalized spacial score (nSPS) is 11.6. The van der Waals surface area contributed by atoms with E-state index in [9.17, 15) is 5.26 Å². The van der Waals surface area contributed by atoms with Crippen molar-refractivity contribution >= 4 is 33.4 Å². The first-order valence-electron chi connectivity index (χ1n) is 9.57. The van der Waals surface area contributed by atoms with Crippen molar-refractivity contribution in [3.63, 3.8) is 0 Å². The van der Waals surface area contributed by atoms with E-state index in [4.69, 9.17) is 9.97 Å². The Balaban J connectivity index is 1.96. The smallest absolute Gasteiger partial charge is 0.169 e. The average Bonchev–Trinajstić information content (AvgIpc) is 3.33. The number of pyridine rings is 1. The van der Waals surface area contributed by atoms with E-state index in [1.165, 1.54) is 0 Å². The summed E-state index contributed by atoms with van der Waals surface area (Å²) >= 11 is 0. The SMILES string of the molecule is Cc1ccc(-c2c(C#N)c3nc4ccccc4n3c3ncn4nc(C)nc4c23)cc1. The number of aromatic nitrogens is 6. The zero-order valence-electron chi connectivity index (χ0n) is 16.3. The van der Waals surface area contributed by atoms with Gasteiger partial charge in [0.1, 0.15) is 23.8 Å². The van der Waals surface area contributed by atoms with Crippen LogP contribution in [0.5, 0.6) is 0 Å². The number of para-hydroxylation sites is 2. The lowest BCUT2D eigenvalue weighted by Crippen LogP contribution is -2.02. The fourth-order valence-corrected chi connectivity index (χ4v) is 4.11. The second kappa shape index (κ2) is 5.84. The highest BCUT2D eigenvalue weighted by Gasteiger charge is 2.23. The van der Waals surface area contributed by atoms with Crippen molar-refractivity contribution < 1.29 is 0 Å². The molecule has 30 heavy (non-hydrogen) atoms. The molecule has 0 aliphatic rings. The molecule has 0 aliphatic heterocycles. The number of hydrogen-bond donors (Lipinski definition) is 0. The maximum atomic E-state index is 10.2. The van der Waals surface area contributed by atoms with Crippen LogP contribution in [0.15, 0.2) is 54.9 Å². The second-order valence-corrected chi connectivity index (χ2v) is 7.36. The van der Waals surface area contributed by atoms with Crippen molar-refractivity contribution in [2.24, 2.45) is 0 Å². The van der Waals surface area contributed by atoms with E-state index < -0.39 is 0 Å². The summed E-state index contributed by atoms with van der Waals surface area (Å²) in [6, 6.07) is 18.4. The van der Waals surface area contributed by atoms with E-state index >= 15 is 0 Å². The van der Waals surface area contributed by atoms with Crippen molar-refractivity contribution in [1.82, 2.24) is 29.0 Å². The monoisotopic (exact) mass is 389 g/mol. The molecule has 6 rings (SSSR count). The van der Waals surface area contributed by atoms with Crippen LogP contribution in [-0.4, -0.2) is 29.0 Å². The first-order chi connectivity index (χ1) is 14.7. The van der Waals surface area contributed by atoms with Gasteiger partial charge in [-0.15, -0.1) is 0 Å². The highest BCUT2D eigenvalue weighted by atomic mass is 15.3. The van der Waals surface area contributed by atoms with Crippen molar-refractivity contribution in [2.45, 2.75) is 13.8 Å². The van der Waals surface area contributed by atoms with Crippen molar-refractivity contribution in [2.75, 3.05) is 0 Å². The number of fused-ring (bicyclic) bond motifs is 7. The van der Waals surface area contributed by atoms with Gasteiger partial charge in [-0.25, -0.2) is 19.5 Å². The topological polar surface area (TPSA) is 84.2 Å². The Morgan fingerprint density at radius 2 is 1.70 bits per heavy atom. The third-order valence-electron chi connectivity index (χ3n) is 5.42. The fraction of sp³-hybridized carbons (Fsp3) is 0.0870. The number of hydrogen-bond acceptors (Lipinski definition) is 5. The molecule has 142 valence electrons. The zero-order chi connectivity index (χ0) is 20.4. The molecular formula is C23H15N7. The van der Waals surface area contributed by atoms with Gasteiger partial charge in [0, 0.05) is 5.56 Å². The average molecular weight is 389 g/mol. The summed E-state index contributed by atoms with van der Waals surface area (Å²) in [5.74, 6) is 0.647. The Labute approximate surface area is 170 Å². The van der Waals surface area contributed by atoms with Crippen molar-refractivity contribution in [1.29, 1.82) is 5.26 Å². The lowest BCUT2D eigenvalue weighted by Gasteiger charge is -2.12. The molecule has 0 spiro atoms. The number of imidazole rings is 1. The summed E-state index contributed by atoms with van der Waals surface area (Å²) in [5, 5.41) is 15.4. The van der Waals surface area contributed by atoms with Gasteiger partial charge >= 0.3 is 0 Å². The Morgan fingerprint density at radius 3 is 2.50 bits per heavy atom. The number of nitrogens with zero attached hydrogens (tertiary/aromatic N) is 7. The minimum absolute atomic E-state index is 0.498. The van der Waals surface area contributed by atoms with E-state index in [0.717, 1.165) is 33.1 Å². The number of rotatable bonds is 1. The summed E-state index contributed by atoms with van der Waals surface area (Å²) in [7, 11) is 0. The predicted molar refractivity (Wildman–Crippen MR) is 114 cm³/mol. The maximum absolute atomic E-state index is 10.2. The lowest BCUT2D eigenvalue weighted by molar-refractivity contribution is 0.905. The Kier molecular flexibility index (Phi) is 3.24. The van der Waals surface area contributed by atoms with Gasteiger partial charge in [-0.2, -0.15) is 10.4 Å². The molecule has 0 unspecified atom stereocenters. The quantitative estimate of drug-likeness (QED) is 0.420. The molecule has 0 amide bonds. The van der Waals surface area contributed by atoms with E-state index in [1.807, 2.05) is 66.8 Å². The molecule has 0 saturated carbocycles. The first kappa shape index (κ1) is 16.6. The van der Waals surface area contributed by atoms with Gasteiger partial charge < -0.3 is 0 Å². The second-order valence-electron chi connectivity index (χ2n) is 7.36. The molecule has 7 heteroatoms. The molecule has 0 fully saturated rings. The highest BCUT2D eigenvalue weighted by molar-refractivity contribution is 6.08. The third kappa shape index (κ3) is 2.13. The lowest BCUT2D eigenvalue weighted by atomic mass is 9.97. The molecule has 4 heterocycles. The fourth-order valence-electron chi connectivity index (χ4n) is 4.11.